The summed E-state index contributed by atoms with van der Waals surface area (Å²) < 4.78 is 0. The second kappa shape index (κ2) is 2.41. The molecule has 2 aromatic heterocycles. The molecule has 2 heterocycles. The number of rotatable bonds is 1. The highest BCUT2D eigenvalue weighted by molar-refractivity contribution is 6.04. The van der Waals surface area contributed by atoms with Gasteiger partial charge in [-0.2, -0.15) is 5.10 Å². The lowest BCUT2D eigenvalue weighted by Crippen LogP contribution is -1.92. The molecule has 0 aliphatic carbocycles. The van der Waals surface area contributed by atoms with E-state index in [4.69, 9.17) is 0 Å². The lowest BCUT2D eigenvalue weighted by molar-refractivity contribution is 0.101. The molecule has 12 heavy (non-hydrogen) atoms. The Hall–Kier alpha value is -1.71. The maximum atomic E-state index is 11.1. The highest BCUT2D eigenvalue weighted by Gasteiger charge is 2.06. The molecule has 0 radical (unpaired) electrons. The summed E-state index contributed by atoms with van der Waals surface area (Å²) in [5.41, 5.74) is 1.32. The van der Waals surface area contributed by atoms with Gasteiger partial charge in [0.05, 0.1) is 6.20 Å². The minimum atomic E-state index is 0.0313. The van der Waals surface area contributed by atoms with E-state index >= 15 is 0 Å². The molecule has 4 nitrogen and oxygen atoms in total. The Bertz CT molecular complexity index is 433. The molecule has 0 fully saturated rings. The van der Waals surface area contributed by atoms with Gasteiger partial charge in [0.1, 0.15) is 0 Å². The number of carbonyl (C=O) groups is 1. The first-order valence-electron chi connectivity index (χ1n) is 3.58. The van der Waals surface area contributed by atoms with Crippen molar-refractivity contribution >= 4 is 16.8 Å². The van der Waals surface area contributed by atoms with Crippen LogP contribution in [-0.4, -0.2) is 21.0 Å². The molecule has 0 unspecified atom stereocenters. The Labute approximate surface area is 68.6 Å². The van der Waals surface area contributed by atoms with Crippen molar-refractivity contribution in [2.75, 3.05) is 0 Å². The number of pyridine rings is 1. The van der Waals surface area contributed by atoms with Gasteiger partial charge in [0, 0.05) is 17.1 Å². The van der Waals surface area contributed by atoms with Crippen LogP contribution in [0.2, 0.25) is 0 Å². The fourth-order valence-corrected chi connectivity index (χ4v) is 1.16. The quantitative estimate of drug-likeness (QED) is 0.638. The van der Waals surface area contributed by atoms with Crippen LogP contribution in [0.1, 0.15) is 17.3 Å². The summed E-state index contributed by atoms with van der Waals surface area (Å²) in [6.45, 7) is 1.53. The number of fused-ring (bicyclic) bond motifs is 1. The van der Waals surface area contributed by atoms with Gasteiger partial charge in [-0.05, 0) is 13.0 Å². The summed E-state index contributed by atoms with van der Waals surface area (Å²) in [5, 5.41) is 7.29. The number of carbonyl (C=O) groups excluding carboxylic acids is 1. The van der Waals surface area contributed by atoms with Crippen LogP contribution >= 0.6 is 0 Å². The van der Waals surface area contributed by atoms with E-state index in [1.807, 2.05) is 0 Å². The molecule has 4 heteroatoms. The van der Waals surface area contributed by atoms with E-state index in [9.17, 15) is 4.79 Å². The van der Waals surface area contributed by atoms with Gasteiger partial charge >= 0.3 is 0 Å². The van der Waals surface area contributed by atoms with E-state index in [-0.39, 0.29) is 5.78 Å². The maximum Gasteiger partial charge on any atom is 0.160 e. The monoisotopic (exact) mass is 161 g/mol. The van der Waals surface area contributed by atoms with Gasteiger partial charge in [-0.1, -0.05) is 0 Å². The van der Waals surface area contributed by atoms with E-state index in [2.05, 4.69) is 15.2 Å². The Morgan fingerprint density at radius 3 is 3.17 bits per heavy atom. The molecule has 2 aromatic rings. The summed E-state index contributed by atoms with van der Waals surface area (Å²) >= 11 is 0. The first kappa shape index (κ1) is 6.97. The minimum absolute atomic E-state index is 0.0313. The highest BCUT2D eigenvalue weighted by atomic mass is 16.1. The standard InChI is InChI=1S/C8H7N3O/c1-5(12)6-2-3-9-8-7(6)4-10-11-8/h2-4H,1H3,(H,9,10,11). The number of nitrogens with zero attached hydrogens (tertiary/aromatic N) is 2. The van der Waals surface area contributed by atoms with Gasteiger partial charge in [-0.15, -0.1) is 0 Å². The topological polar surface area (TPSA) is 58.6 Å². The van der Waals surface area contributed by atoms with Crippen molar-refractivity contribution in [3.63, 3.8) is 0 Å². The van der Waals surface area contributed by atoms with Crippen LogP contribution in [-0.2, 0) is 0 Å². The zero-order valence-electron chi connectivity index (χ0n) is 6.53. The van der Waals surface area contributed by atoms with Crippen molar-refractivity contribution < 1.29 is 4.79 Å². The van der Waals surface area contributed by atoms with Crippen molar-refractivity contribution in [1.82, 2.24) is 15.2 Å². The molecule has 0 atom stereocenters. The third-order valence-electron chi connectivity index (χ3n) is 1.73. The fourth-order valence-electron chi connectivity index (χ4n) is 1.16. The van der Waals surface area contributed by atoms with Gasteiger partial charge in [-0.25, -0.2) is 4.98 Å². The van der Waals surface area contributed by atoms with Crippen LogP contribution in [0.5, 0.6) is 0 Å². The normalized spacial score (nSPS) is 10.4. The van der Waals surface area contributed by atoms with Gasteiger partial charge in [0.25, 0.3) is 0 Å². The Morgan fingerprint density at radius 1 is 1.58 bits per heavy atom. The number of hydrogen-bond acceptors (Lipinski definition) is 3. The second-order valence-corrected chi connectivity index (χ2v) is 2.55. The molecular weight excluding hydrogens is 154 g/mol. The van der Waals surface area contributed by atoms with Crippen LogP contribution < -0.4 is 0 Å². The van der Waals surface area contributed by atoms with E-state index in [0.29, 0.717) is 11.2 Å². The zero-order chi connectivity index (χ0) is 8.55. The molecule has 0 bridgehead atoms. The number of H-pyrrole nitrogens is 1. The molecule has 0 aromatic carbocycles. The first-order chi connectivity index (χ1) is 5.79. The van der Waals surface area contributed by atoms with Crippen LogP contribution in [0.15, 0.2) is 18.5 Å². The number of ketones is 1. The third kappa shape index (κ3) is 0.887. The molecule has 0 saturated heterocycles. The summed E-state index contributed by atoms with van der Waals surface area (Å²) in [4.78, 5) is 15.1. The van der Waals surface area contributed by atoms with Crippen LogP contribution in [0.4, 0.5) is 0 Å². The number of aromatic amines is 1. The molecule has 0 spiro atoms. The summed E-state index contributed by atoms with van der Waals surface area (Å²) in [6.07, 6.45) is 3.20. The molecule has 60 valence electrons. The average Bonchev–Trinajstić information content (AvgIpc) is 2.49. The Morgan fingerprint density at radius 2 is 2.42 bits per heavy atom. The molecule has 2 rings (SSSR count). The van der Waals surface area contributed by atoms with Crippen molar-refractivity contribution in [2.24, 2.45) is 0 Å². The second-order valence-electron chi connectivity index (χ2n) is 2.55. The molecule has 0 aliphatic heterocycles. The number of nitrogens with one attached hydrogen (secondary N) is 1. The zero-order valence-corrected chi connectivity index (χ0v) is 6.53. The van der Waals surface area contributed by atoms with Crippen molar-refractivity contribution in [3.8, 4) is 0 Å². The van der Waals surface area contributed by atoms with Crippen LogP contribution in [0.3, 0.4) is 0 Å². The third-order valence-corrected chi connectivity index (χ3v) is 1.73. The lowest BCUT2D eigenvalue weighted by atomic mass is 10.1. The minimum Gasteiger partial charge on any atom is -0.294 e. The summed E-state index contributed by atoms with van der Waals surface area (Å²) in [6, 6.07) is 1.69. The van der Waals surface area contributed by atoms with Gasteiger partial charge in [0.2, 0.25) is 0 Å². The highest BCUT2D eigenvalue weighted by Crippen LogP contribution is 2.13. The van der Waals surface area contributed by atoms with Crippen LogP contribution in [0.25, 0.3) is 11.0 Å². The van der Waals surface area contributed by atoms with E-state index in [0.717, 1.165) is 5.39 Å². The van der Waals surface area contributed by atoms with Crippen LogP contribution in [0, 0.1) is 0 Å². The van der Waals surface area contributed by atoms with E-state index in [1.54, 1.807) is 18.5 Å². The van der Waals surface area contributed by atoms with Gasteiger partial charge < -0.3 is 0 Å². The number of aromatic nitrogens is 3. The average molecular weight is 161 g/mol. The summed E-state index contributed by atoms with van der Waals surface area (Å²) in [5.74, 6) is 0.0313. The van der Waals surface area contributed by atoms with Crippen molar-refractivity contribution in [2.45, 2.75) is 6.92 Å². The lowest BCUT2D eigenvalue weighted by Gasteiger charge is -1.94. The predicted molar refractivity (Wildman–Crippen MR) is 43.9 cm³/mol. The van der Waals surface area contributed by atoms with Gasteiger partial charge in [-0.3, -0.25) is 9.89 Å². The largest absolute Gasteiger partial charge is 0.294 e. The van der Waals surface area contributed by atoms with E-state index < -0.39 is 0 Å². The van der Waals surface area contributed by atoms with E-state index in [1.165, 1.54) is 6.92 Å². The number of hydrogen-bond donors (Lipinski definition) is 1. The molecule has 0 saturated carbocycles. The number of Topliss-reactive ketones (excluding diaryl/α,β-unsaturated/α-hetero) is 1. The predicted octanol–water partition coefficient (Wildman–Crippen LogP) is 1.16. The molecular formula is C8H7N3O. The Balaban J connectivity index is 2.82. The fraction of sp³-hybridized carbons (Fsp3) is 0.125. The maximum absolute atomic E-state index is 11.1. The SMILES string of the molecule is CC(=O)c1ccnc2[nH]ncc12. The van der Waals surface area contributed by atoms with Crippen molar-refractivity contribution in [1.29, 1.82) is 0 Å². The summed E-state index contributed by atoms with van der Waals surface area (Å²) in [7, 11) is 0. The van der Waals surface area contributed by atoms with Crippen molar-refractivity contribution in [3.05, 3.63) is 24.0 Å². The first-order valence-corrected chi connectivity index (χ1v) is 3.58. The molecule has 0 amide bonds. The Kier molecular flexibility index (Phi) is 1.40. The molecule has 0 aliphatic rings. The molecule has 1 N–H and O–H groups in total. The van der Waals surface area contributed by atoms with Gasteiger partial charge in [0.15, 0.2) is 11.4 Å². The smallest absolute Gasteiger partial charge is 0.160 e.